The van der Waals surface area contributed by atoms with E-state index in [-0.39, 0.29) is 6.61 Å². The molecule has 0 aliphatic carbocycles. The summed E-state index contributed by atoms with van der Waals surface area (Å²) in [5.74, 6) is 0.560. The molecule has 0 fully saturated rings. The highest BCUT2D eigenvalue weighted by molar-refractivity contribution is 9.10. The molecule has 0 saturated heterocycles. The molecule has 2 heterocycles. The van der Waals surface area contributed by atoms with Crippen LogP contribution in [0.1, 0.15) is 10.7 Å². The van der Waals surface area contributed by atoms with Crippen LogP contribution >= 0.6 is 39.5 Å². The van der Waals surface area contributed by atoms with Gasteiger partial charge in [-0.25, -0.2) is 0 Å². The number of nitrogens with zero attached hydrogens (tertiary/aromatic N) is 2. The minimum absolute atomic E-state index is 0.111. The first-order chi connectivity index (χ1) is 7.20. The molecule has 2 rings (SSSR count). The Hall–Kier alpha value is -0.500. The van der Waals surface area contributed by atoms with Crippen LogP contribution in [0.2, 0.25) is 0 Å². The van der Waals surface area contributed by atoms with Crippen molar-refractivity contribution in [1.29, 1.82) is 0 Å². The first-order valence-electron chi connectivity index (χ1n) is 4.18. The lowest BCUT2D eigenvalue weighted by atomic mass is 10.4. The Morgan fingerprint density at radius 3 is 3.07 bits per heavy atom. The average Bonchev–Trinajstić information content (AvgIpc) is 2.76. The minimum atomic E-state index is -0.111. The van der Waals surface area contributed by atoms with E-state index in [1.807, 2.05) is 11.4 Å². The van der Waals surface area contributed by atoms with Gasteiger partial charge in [0.25, 0.3) is 0 Å². The lowest BCUT2D eigenvalue weighted by Gasteiger charge is -2.01. The zero-order chi connectivity index (χ0) is 10.8. The molecule has 2 aromatic rings. The number of hydrogen-bond acceptors (Lipinski definition) is 4. The standard InChI is InChI=1S/C8H8BrN3OS2/c9-5-1-6(15-4-5)2-12-7(3-13)10-11-8(12)14/h1,4,13H,2-3H2,(H,11,14). The second-order valence-corrected chi connectivity index (χ2v) is 5.22. The summed E-state index contributed by atoms with van der Waals surface area (Å²) in [4.78, 5) is 1.16. The van der Waals surface area contributed by atoms with Crippen molar-refractivity contribution in [1.82, 2.24) is 14.8 Å². The van der Waals surface area contributed by atoms with Crippen LogP contribution in [-0.2, 0) is 13.2 Å². The average molecular weight is 306 g/mol. The third-order valence-electron chi connectivity index (χ3n) is 1.91. The van der Waals surface area contributed by atoms with E-state index in [0.29, 0.717) is 17.1 Å². The van der Waals surface area contributed by atoms with E-state index in [2.05, 4.69) is 26.1 Å². The number of aromatic nitrogens is 3. The van der Waals surface area contributed by atoms with E-state index in [0.717, 1.165) is 9.35 Å². The maximum Gasteiger partial charge on any atom is 0.195 e. The van der Waals surface area contributed by atoms with Crippen molar-refractivity contribution < 1.29 is 5.11 Å². The van der Waals surface area contributed by atoms with Crippen LogP contribution in [0.25, 0.3) is 0 Å². The molecule has 0 radical (unpaired) electrons. The second-order valence-electron chi connectivity index (χ2n) is 2.92. The number of hydrogen-bond donors (Lipinski definition) is 2. The van der Waals surface area contributed by atoms with E-state index >= 15 is 0 Å². The molecule has 0 aromatic carbocycles. The maximum absolute atomic E-state index is 9.06. The quantitative estimate of drug-likeness (QED) is 0.856. The molecule has 80 valence electrons. The number of thiophene rings is 1. The van der Waals surface area contributed by atoms with Gasteiger partial charge < -0.3 is 5.11 Å². The molecule has 2 aromatic heterocycles. The van der Waals surface area contributed by atoms with Gasteiger partial charge >= 0.3 is 0 Å². The van der Waals surface area contributed by atoms with E-state index < -0.39 is 0 Å². The molecule has 0 bridgehead atoms. The highest BCUT2D eigenvalue weighted by Crippen LogP contribution is 2.21. The SMILES string of the molecule is OCc1n[nH]c(=S)n1Cc1cc(Br)cs1. The molecule has 0 amide bonds. The van der Waals surface area contributed by atoms with E-state index in [1.54, 1.807) is 15.9 Å². The van der Waals surface area contributed by atoms with Gasteiger partial charge in [-0.05, 0) is 34.2 Å². The molecule has 2 N–H and O–H groups in total. The predicted molar refractivity (Wildman–Crippen MR) is 64.5 cm³/mol. The monoisotopic (exact) mass is 305 g/mol. The summed E-state index contributed by atoms with van der Waals surface area (Å²) in [6.07, 6.45) is 0. The topological polar surface area (TPSA) is 53.8 Å². The van der Waals surface area contributed by atoms with Gasteiger partial charge in [-0.3, -0.25) is 9.67 Å². The molecule has 7 heteroatoms. The van der Waals surface area contributed by atoms with Gasteiger partial charge in [0.05, 0.1) is 6.54 Å². The largest absolute Gasteiger partial charge is 0.388 e. The number of halogens is 1. The second kappa shape index (κ2) is 4.56. The van der Waals surface area contributed by atoms with Crippen molar-refractivity contribution in [3.05, 3.63) is 31.4 Å². The number of rotatable bonds is 3. The van der Waals surface area contributed by atoms with Crippen LogP contribution < -0.4 is 0 Å². The van der Waals surface area contributed by atoms with E-state index in [9.17, 15) is 0 Å². The first kappa shape index (κ1) is 11.0. The molecular weight excluding hydrogens is 298 g/mol. The summed E-state index contributed by atoms with van der Waals surface area (Å²) >= 11 is 10.1. The van der Waals surface area contributed by atoms with Crippen LogP contribution in [0, 0.1) is 4.77 Å². The van der Waals surface area contributed by atoms with Crippen molar-refractivity contribution in [2.75, 3.05) is 0 Å². The summed E-state index contributed by atoms with van der Waals surface area (Å²) < 4.78 is 3.37. The Balaban J connectivity index is 2.31. The van der Waals surface area contributed by atoms with Gasteiger partial charge in [0.15, 0.2) is 10.6 Å². The Bertz CT molecular complexity index is 516. The zero-order valence-corrected chi connectivity index (χ0v) is 10.8. The molecule has 0 aliphatic heterocycles. The highest BCUT2D eigenvalue weighted by atomic mass is 79.9. The van der Waals surface area contributed by atoms with Gasteiger partial charge in [0, 0.05) is 14.7 Å². The molecule has 0 spiro atoms. The van der Waals surface area contributed by atoms with Gasteiger partial charge in [0.2, 0.25) is 0 Å². The van der Waals surface area contributed by atoms with Crippen molar-refractivity contribution >= 4 is 39.5 Å². The van der Waals surface area contributed by atoms with Crippen LogP contribution in [0.5, 0.6) is 0 Å². The van der Waals surface area contributed by atoms with Crippen LogP contribution in [0.15, 0.2) is 15.9 Å². The summed E-state index contributed by atoms with van der Waals surface area (Å²) in [6, 6.07) is 2.03. The Morgan fingerprint density at radius 2 is 2.47 bits per heavy atom. The molecule has 0 saturated carbocycles. The Morgan fingerprint density at radius 1 is 1.67 bits per heavy atom. The van der Waals surface area contributed by atoms with Crippen molar-refractivity contribution in [2.45, 2.75) is 13.2 Å². The first-order valence-corrected chi connectivity index (χ1v) is 6.26. The number of aliphatic hydroxyl groups excluding tert-OH is 1. The van der Waals surface area contributed by atoms with Crippen molar-refractivity contribution in [2.24, 2.45) is 0 Å². The van der Waals surface area contributed by atoms with Gasteiger partial charge in [-0.1, -0.05) is 0 Å². The molecule has 0 unspecified atom stereocenters. The fraction of sp³-hybridized carbons (Fsp3) is 0.250. The molecular formula is C8H8BrN3OS2. The molecule has 4 nitrogen and oxygen atoms in total. The summed E-state index contributed by atoms with van der Waals surface area (Å²) in [5.41, 5.74) is 0. The third-order valence-corrected chi connectivity index (χ3v) is 3.91. The fourth-order valence-corrected chi connectivity index (χ4v) is 2.88. The third kappa shape index (κ3) is 2.36. The molecule has 0 aliphatic rings. The summed E-state index contributed by atoms with van der Waals surface area (Å²) in [6.45, 7) is 0.529. The van der Waals surface area contributed by atoms with Gasteiger partial charge in [-0.2, -0.15) is 5.10 Å². The lowest BCUT2D eigenvalue weighted by Crippen LogP contribution is -2.04. The van der Waals surface area contributed by atoms with Gasteiger partial charge in [-0.15, -0.1) is 11.3 Å². The smallest absolute Gasteiger partial charge is 0.195 e. The van der Waals surface area contributed by atoms with Crippen molar-refractivity contribution in [3.8, 4) is 0 Å². The normalized spacial score (nSPS) is 10.8. The van der Waals surface area contributed by atoms with E-state index in [4.69, 9.17) is 17.3 Å². The van der Waals surface area contributed by atoms with Crippen LogP contribution in [0.4, 0.5) is 0 Å². The van der Waals surface area contributed by atoms with Crippen LogP contribution in [-0.4, -0.2) is 19.9 Å². The number of nitrogens with one attached hydrogen (secondary N) is 1. The number of H-pyrrole nitrogens is 1. The Labute approximate surface area is 104 Å². The Kier molecular flexibility index (Phi) is 3.35. The highest BCUT2D eigenvalue weighted by Gasteiger charge is 2.06. The minimum Gasteiger partial charge on any atom is -0.388 e. The molecule has 0 atom stereocenters. The lowest BCUT2D eigenvalue weighted by molar-refractivity contribution is 0.265. The maximum atomic E-state index is 9.06. The fourth-order valence-electron chi connectivity index (χ4n) is 1.23. The van der Waals surface area contributed by atoms with Crippen LogP contribution in [0.3, 0.4) is 0 Å². The summed E-state index contributed by atoms with van der Waals surface area (Å²) in [5, 5.41) is 17.7. The molecule has 15 heavy (non-hydrogen) atoms. The number of aromatic amines is 1. The predicted octanol–water partition coefficient (Wildman–Crippen LogP) is 2.31. The van der Waals surface area contributed by atoms with Crippen molar-refractivity contribution in [3.63, 3.8) is 0 Å². The number of aliphatic hydroxyl groups is 1. The van der Waals surface area contributed by atoms with Gasteiger partial charge in [0.1, 0.15) is 6.61 Å². The zero-order valence-electron chi connectivity index (χ0n) is 7.61. The summed E-state index contributed by atoms with van der Waals surface area (Å²) in [7, 11) is 0. The van der Waals surface area contributed by atoms with E-state index in [1.165, 1.54) is 0 Å².